The average Bonchev–Trinajstić information content (AvgIpc) is 2.35. The number of aromatic nitrogens is 1. The van der Waals surface area contributed by atoms with Crippen molar-refractivity contribution in [2.45, 2.75) is 11.8 Å². The van der Waals surface area contributed by atoms with Crippen molar-refractivity contribution in [3.8, 4) is 11.6 Å². The van der Waals surface area contributed by atoms with Crippen LogP contribution in [-0.2, 0) is 0 Å². The molecule has 0 atom stereocenters. The molecule has 1 aromatic carbocycles. The minimum atomic E-state index is 0.460. The molecule has 0 radical (unpaired) electrons. The maximum Gasteiger partial charge on any atom is 0.242 e. The first-order valence-corrected chi connectivity index (χ1v) is 6.46. The van der Waals surface area contributed by atoms with E-state index in [1.54, 1.807) is 17.8 Å². The van der Waals surface area contributed by atoms with Crippen molar-refractivity contribution in [3.63, 3.8) is 0 Å². The van der Waals surface area contributed by atoms with Crippen LogP contribution in [0.25, 0.3) is 0 Å². The Balaban J connectivity index is 2.22. The zero-order valence-corrected chi connectivity index (χ0v) is 10.6. The molecule has 0 bridgehead atoms. The number of aryl methyl sites for hydroxylation is 1. The average molecular weight is 246 g/mol. The van der Waals surface area contributed by atoms with E-state index in [0.717, 1.165) is 11.4 Å². The molecule has 2 rings (SSSR count). The first-order valence-electron chi connectivity index (χ1n) is 5.24. The Kier molecular flexibility index (Phi) is 3.54. The number of nitrogens with two attached hydrogens (primary N) is 1. The molecule has 1 aromatic heterocycles. The number of benzene rings is 1. The van der Waals surface area contributed by atoms with E-state index in [9.17, 15) is 0 Å². The number of rotatable bonds is 3. The maximum atomic E-state index is 5.80. The molecular formula is C13H14N2OS. The largest absolute Gasteiger partial charge is 0.437 e. The van der Waals surface area contributed by atoms with Crippen LogP contribution >= 0.6 is 11.8 Å². The van der Waals surface area contributed by atoms with Gasteiger partial charge in [0.25, 0.3) is 0 Å². The fraction of sp³-hybridized carbons (Fsp3) is 0.154. The number of ether oxygens (including phenoxy) is 1. The van der Waals surface area contributed by atoms with E-state index in [1.165, 1.54) is 4.90 Å². The highest BCUT2D eigenvalue weighted by Gasteiger charge is 2.04. The number of nitrogen functional groups attached to an aromatic ring is 1. The van der Waals surface area contributed by atoms with Gasteiger partial charge in [0.1, 0.15) is 5.75 Å². The van der Waals surface area contributed by atoms with Crippen LogP contribution in [-0.4, -0.2) is 11.2 Å². The minimum absolute atomic E-state index is 0.460. The van der Waals surface area contributed by atoms with Crippen molar-refractivity contribution in [3.05, 3.63) is 42.1 Å². The molecule has 2 aromatic rings. The van der Waals surface area contributed by atoms with Crippen LogP contribution in [0.3, 0.4) is 0 Å². The first kappa shape index (κ1) is 11.8. The molecule has 0 saturated carbocycles. The number of thioether (sulfide) groups is 1. The summed E-state index contributed by atoms with van der Waals surface area (Å²) in [7, 11) is 0. The Morgan fingerprint density at radius 1 is 1.12 bits per heavy atom. The molecule has 0 aliphatic carbocycles. The highest BCUT2D eigenvalue weighted by Crippen LogP contribution is 2.26. The van der Waals surface area contributed by atoms with Crippen LogP contribution in [0, 0.1) is 6.92 Å². The van der Waals surface area contributed by atoms with Gasteiger partial charge >= 0.3 is 0 Å². The highest BCUT2D eigenvalue weighted by atomic mass is 32.2. The van der Waals surface area contributed by atoms with Crippen LogP contribution in [0.4, 0.5) is 5.69 Å². The Labute approximate surface area is 105 Å². The summed E-state index contributed by atoms with van der Waals surface area (Å²) in [5.74, 6) is 1.20. The molecule has 17 heavy (non-hydrogen) atoms. The fourth-order valence-corrected chi connectivity index (χ4v) is 1.79. The predicted octanol–water partition coefficient (Wildman–Crippen LogP) is 3.49. The molecular weight excluding hydrogens is 232 g/mol. The summed E-state index contributed by atoms with van der Waals surface area (Å²) in [4.78, 5) is 5.45. The standard InChI is InChI=1S/C13H14N2OS/c1-9-3-8-12(14)13(15-9)16-10-4-6-11(17-2)7-5-10/h3-8H,14H2,1-2H3. The maximum absolute atomic E-state index is 5.80. The van der Waals surface area contributed by atoms with Crippen molar-refractivity contribution in [2.24, 2.45) is 0 Å². The Bertz CT molecular complexity index is 511. The summed E-state index contributed by atoms with van der Waals surface area (Å²) in [6, 6.07) is 11.5. The summed E-state index contributed by atoms with van der Waals surface area (Å²) in [5.41, 5.74) is 7.23. The second kappa shape index (κ2) is 5.10. The smallest absolute Gasteiger partial charge is 0.242 e. The molecule has 0 spiro atoms. The fourth-order valence-electron chi connectivity index (χ4n) is 1.38. The number of hydrogen-bond acceptors (Lipinski definition) is 4. The third kappa shape index (κ3) is 2.91. The van der Waals surface area contributed by atoms with E-state index < -0.39 is 0 Å². The van der Waals surface area contributed by atoms with Gasteiger partial charge in [0.05, 0.1) is 5.69 Å². The molecule has 2 N–H and O–H groups in total. The Morgan fingerprint density at radius 3 is 2.47 bits per heavy atom. The van der Waals surface area contributed by atoms with Crippen molar-refractivity contribution in [1.29, 1.82) is 0 Å². The molecule has 0 aliphatic heterocycles. The number of nitrogens with zero attached hydrogens (tertiary/aromatic N) is 1. The first-order chi connectivity index (χ1) is 8.19. The Morgan fingerprint density at radius 2 is 1.82 bits per heavy atom. The van der Waals surface area contributed by atoms with E-state index in [-0.39, 0.29) is 0 Å². The zero-order chi connectivity index (χ0) is 12.3. The van der Waals surface area contributed by atoms with Gasteiger partial charge in [0, 0.05) is 10.6 Å². The van der Waals surface area contributed by atoms with Gasteiger partial charge in [-0.3, -0.25) is 0 Å². The monoisotopic (exact) mass is 246 g/mol. The van der Waals surface area contributed by atoms with Crippen LogP contribution < -0.4 is 10.5 Å². The lowest BCUT2D eigenvalue weighted by molar-refractivity contribution is 0.464. The molecule has 88 valence electrons. The molecule has 0 unspecified atom stereocenters. The molecule has 0 fully saturated rings. The van der Waals surface area contributed by atoms with E-state index in [0.29, 0.717) is 11.6 Å². The molecule has 0 saturated heterocycles. The van der Waals surface area contributed by atoms with E-state index in [4.69, 9.17) is 10.5 Å². The SMILES string of the molecule is CSc1ccc(Oc2nc(C)ccc2N)cc1. The number of pyridine rings is 1. The summed E-state index contributed by atoms with van der Waals surface area (Å²) in [5, 5.41) is 0. The second-order valence-electron chi connectivity index (χ2n) is 3.62. The van der Waals surface area contributed by atoms with Crippen LogP contribution in [0.15, 0.2) is 41.3 Å². The lowest BCUT2D eigenvalue weighted by Crippen LogP contribution is -1.96. The molecule has 3 nitrogen and oxygen atoms in total. The topological polar surface area (TPSA) is 48.1 Å². The number of anilines is 1. The summed E-state index contributed by atoms with van der Waals surface area (Å²) < 4.78 is 5.64. The van der Waals surface area contributed by atoms with E-state index in [2.05, 4.69) is 4.98 Å². The highest BCUT2D eigenvalue weighted by molar-refractivity contribution is 7.98. The third-order valence-electron chi connectivity index (χ3n) is 2.30. The normalized spacial score (nSPS) is 10.2. The summed E-state index contributed by atoms with van der Waals surface area (Å²) in [6.07, 6.45) is 2.04. The predicted molar refractivity (Wildman–Crippen MR) is 71.7 cm³/mol. The molecule has 4 heteroatoms. The van der Waals surface area contributed by atoms with Gasteiger partial charge < -0.3 is 10.5 Å². The quantitative estimate of drug-likeness (QED) is 0.842. The third-order valence-corrected chi connectivity index (χ3v) is 3.05. The van der Waals surface area contributed by atoms with Crippen molar-refractivity contribution >= 4 is 17.4 Å². The summed E-state index contributed by atoms with van der Waals surface area (Å²) >= 11 is 1.69. The van der Waals surface area contributed by atoms with Crippen molar-refractivity contribution in [2.75, 3.05) is 12.0 Å². The number of hydrogen-bond donors (Lipinski definition) is 1. The van der Waals surface area contributed by atoms with Crippen molar-refractivity contribution in [1.82, 2.24) is 4.98 Å². The molecule has 1 heterocycles. The van der Waals surface area contributed by atoms with Crippen LogP contribution in [0.5, 0.6) is 11.6 Å². The van der Waals surface area contributed by atoms with Gasteiger partial charge in [-0.15, -0.1) is 11.8 Å². The van der Waals surface area contributed by atoms with Gasteiger partial charge in [-0.05, 0) is 49.6 Å². The Hall–Kier alpha value is -1.68. The lowest BCUT2D eigenvalue weighted by Gasteiger charge is -2.08. The van der Waals surface area contributed by atoms with Crippen LogP contribution in [0.1, 0.15) is 5.69 Å². The van der Waals surface area contributed by atoms with Crippen LogP contribution in [0.2, 0.25) is 0 Å². The van der Waals surface area contributed by atoms with Gasteiger partial charge in [0.2, 0.25) is 5.88 Å². The molecule has 0 aliphatic rings. The lowest BCUT2D eigenvalue weighted by atomic mass is 10.3. The minimum Gasteiger partial charge on any atom is -0.437 e. The van der Waals surface area contributed by atoms with Gasteiger partial charge in [-0.1, -0.05) is 0 Å². The zero-order valence-electron chi connectivity index (χ0n) is 9.81. The van der Waals surface area contributed by atoms with Gasteiger partial charge in [-0.25, -0.2) is 4.98 Å². The van der Waals surface area contributed by atoms with Crippen molar-refractivity contribution < 1.29 is 4.74 Å². The van der Waals surface area contributed by atoms with Gasteiger partial charge in [-0.2, -0.15) is 0 Å². The van der Waals surface area contributed by atoms with Gasteiger partial charge in [0.15, 0.2) is 0 Å². The second-order valence-corrected chi connectivity index (χ2v) is 4.50. The van der Waals surface area contributed by atoms with E-state index >= 15 is 0 Å². The summed E-state index contributed by atoms with van der Waals surface area (Å²) in [6.45, 7) is 1.91. The van der Waals surface area contributed by atoms with E-state index in [1.807, 2.05) is 43.5 Å². The molecule has 0 amide bonds.